The fourth-order valence-electron chi connectivity index (χ4n) is 3.18. The molecule has 2 aromatic heterocycles. The lowest BCUT2D eigenvalue weighted by atomic mass is 10.0. The van der Waals surface area contributed by atoms with Gasteiger partial charge in [0.2, 0.25) is 0 Å². The van der Waals surface area contributed by atoms with E-state index in [1.54, 1.807) is 24.0 Å². The summed E-state index contributed by atoms with van der Waals surface area (Å²) in [5.74, 6) is 0.737. The first-order valence-corrected chi connectivity index (χ1v) is 10.1. The third kappa shape index (κ3) is 5.43. The second-order valence-electron chi connectivity index (χ2n) is 8.25. The van der Waals surface area contributed by atoms with Gasteiger partial charge in [0, 0.05) is 32.4 Å². The second kappa shape index (κ2) is 9.07. The molecule has 1 aromatic carbocycles. The number of nitrogens with zero attached hydrogens (tertiary/aromatic N) is 3. The molecule has 0 radical (unpaired) electrons. The van der Waals surface area contributed by atoms with Crippen molar-refractivity contribution in [2.45, 2.75) is 45.6 Å². The number of amides is 1. The number of fused-ring (bicyclic) bond motifs is 1. The second-order valence-corrected chi connectivity index (χ2v) is 8.25. The molecule has 7 heteroatoms. The minimum Gasteiger partial charge on any atom is -0.444 e. The van der Waals surface area contributed by atoms with E-state index >= 15 is 0 Å². The third-order valence-electron chi connectivity index (χ3n) is 4.68. The van der Waals surface area contributed by atoms with E-state index in [2.05, 4.69) is 10.3 Å². The Morgan fingerprint density at radius 2 is 1.83 bits per heavy atom. The van der Waals surface area contributed by atoms with Crippen molar-refractivity contribution in [2.24, 2.45) is 7.05 Å². The van der Waals surface area contributed by atoms with E-state index in [1.165, 1.54) is 0 Å². The van der Waals surface area contributed by atoms with Gasteiger partial charge in [-0.2, -0.15) is 0 Å². The van der Waals surface area contributed by atoms with Crippen LogP contribution in [0.1, 0.15) is 39.4 Å². The zero-order valence-electron chi connectivity index (χ0n) is 17.9. The number of hydrogen-bond donors (Lipinski definition) is 1. The molecule has 1 N–H and O–H groups in total. The minimum absolute atomic E-state index is 0.0576. The number of rotatable bonds is 6. The summed E-state index contributed by atoms with van der Waals surface area (Å²) in [5, 5.41) is 3.35. The van der Waals surface area contributed by atoms with Gasteiger partial charge >= 0.3 is 6.09 Å². The predicted molar refractivity (Wildman–Crippen MR) is 117 cm³/mol. The van der Waals surface area contributed by atoms with Crippen molar-refractivity contribution in [3.8, 4) is 11.1 Å². The number of unbranched alkanes of at least 4 members (excludes halogenated alkanes) is 1. The number of alkyl carbamates (subject to hydrolysis) is 1. The van der Waals surface area contributed by atoms with Crippen LogP contribution in [0.5, 0.6) is 0 Å². The highest BCUT2D eigenvalue weighted by atomic mass is 16.6. The normalized spacial score (nSPS) is 11.5. The molecule has 3 rings (SSSR count). The molecule has 30 heavy (non-hydrogen) atoms. The van der Waals surface area contributed by atoms with E-state index in [0.717, 1.165) is 29.8 Å². The summed E-state index contributed by atoms with van der Waals surface area (Å²) >= 11 is 0. The Bertz CT molecular complexity index is 1090. The van der Waals surface area contributed by atoms with Gasteiger partial charge in [0.1, 0.15) is 11.4 Å². The fourth-order valence-corrected chi connectivity index (χ4v) is 3.18. The molecule has 0 aliphatic carbocycles. The van der Waals surface area contributed by atoms with Crippen molar-refractivity contribution < 1.29 is 9.53 Å². The van der Waals surface area contributed by atoms with Crippen LogP contribution in [0.15, 0.2) is 47.5 Å². The van der Waals surface area contributed by atoms with Gasteiger partial charge in [-0.25, -0.2) is 9.78 Å². The maximum atomic E-state index is 12.9. The van der Waals surface area contributed by atoms with E-state index in [9.17, 15) is 9.59 Å². The monoisotopic (exact) mass is 408 g/mol. The van der Waals surface area contributed by atoms with Crippen LogP contribution in [0.25, 0.3) is 22.0 Å². The van der Waals surface area contributed by atoms with Crippen LogP contribution >= 0.6 is 0 Å². The molecule has 0 fully saturated rings. The van der Waals surface area contributed by atoms with Crippen LogP contribution in [0, 0.1) is 0 Å². The zero-order valence-corrected chi connectivity index (χ0v) is 17.9. The highest BCUT2D eigenvalue weighted by molar-refractivity contribution is 5.83. The number of carbonyl (C=O) groups excluding carboxylic acids is 1. The molecule has 0 aliphatic heterocycles. The molecule has 0 unspecified atom stereocenters. The summed E-state index contributed by atoms with van der Waals surface area (Å²) in [6.45, 7) is 6.02. The minimum atomic E-state index is -0.505. The fraction of sp³-hybridized carbons (Fsp3) is 0.391. The van der Waals surface area contributed by atoms with Crippen LogP contribution in [0.4, 0.5) is 4.79 Å². The Balaban J connectivity index is 1.65. The quantitative estimate of drug-likeness (QED) is 0.626. The summed E-state index contributed by atoms with van der Waals surface area (Å²) in [4.78, 5) is 33.3. The molecular weight excluding hydrogens is 380 g/mol. The summed E-state index contributed by atoms with van der Waals surface area (Å²) in [6.07, 6.45) is 5.28. The molecule has 7 nitrogen and oxygen atoms in total. The molecule has 0 atom stereocenters. The third-order valence-corrected chi connectivity index (χ3v) is 4.68. The lowest BCUT2D eigenvalue weighted by Gasteiger charge is -2.19. The molecule has 1 amide bonds. The van der Waals surface area contributed by atoms with Gasteiger partial charge in [0.15, 0.2) is 0 Å². The number of carbonyl (C=O) groups is 1. The van der Waals surface area contributed by atoms with Crippen molar-refractivity contribution in [1.29, 1.82) is 0 Å². The van der Waals surface area contributed by atoms with Crippen molar-refractivity contribution in [2.75, 3.05) is 6.54 Å². The Kier molecular flexibility index (Phi) is 6.50. The predicted octanol–water partition coefficient (Wildman–Crippen LogP) is 3.84. The van der Waals surface area contributed by atoms with E-state index in [1.807, 2.05) is 51.1 Å². The lowest BCUT2D eigenvalue weighted by molar-refractivity contribution is 0.0527. The Morgan fingerprint density at radius 3 is 2.53 bits per heavy atom. The average molecular weight is 409 g/mol. The average Bonchev–Trinajstić information content (AvgIpc) is 2.70. The molecule has 0 spiro atoms. The first kappa shape index (κ1) is 21.5. The SMILES string of the molecule is Cn1c(CCCCNC(=O)OC(C)(C)C)nc2ccc(-c3ccncc3)cc2c1=O. The van der Waals surface area contributed by atoms with Gasteiger partial charge in [-0.05, 0) is 69.0 Å². The summed E-state index contributed by atoms with van der Waals surface area (Å²) in [7, 11) is 1.75. The number of benzene rings is 1. The number of ether oxygens (including phenoxy) is 1. The first-order valence-electron chi connectivity index (χ1n) is 10.1. The molecular formula is C23H28N4O3. The standard InChI is InChI=1S/C23H28N4O3/c1-23(2,3)30-22(29)25-12-6-5-7-20-26-19-9-8-17(16-10-13-24-14-11-16)15-18(19)21(28)27(20)4/h8-11,13-15H,5-7,12H2,1-4H3,(H,25,29). The van der Waals surface area contributed by atoms with E-state index in [-0.39, 0.29) is 5.56 Å². The number of nitrogens with one attached hydrogen (secondary N) is 1. The smallest absolute Gasteiger partial charge is 0.407 e. The van der Waals surface area contributed by atoms with Crippen LogP contribution in [-0.2, 0) is 18.2 Å². The van der Waals surface area contributed by atoms with E-state index < -0.39 is 11.7 Å². The molecule has 2 heterocycles. The molecule has 3 aromatic rings. The highest BCUT2D eigenvalue weighted by Gasteiger charge is 2.15. The van der Waals surface area contributed by atoms with Crippen molar-refractivity contribution in [3.63, 3.8) is 0 Å². The first-order chi connectivity index (χ1) is 14.2. The van der Waals surface area contributed by atoms with Crippen molar-refractivity contribution >= 4 is 17.0 Å². The van der Waals surface area contributed by atoms with Gasteiger partial charge < -0.3 is 10.1 Å². The molecule has 0 bridgehead atoms. The Morgan fingerprint density at radius 1 is 1.10 bits per heavy atom. The lowest BCUT2D eigenvalue weighted by Crippen LogP contribution is -2.33. The van der Waals surface area contributed by atoms with Gasteiger partial charge in [-0.1, -0.05) is 6.07 Å². The van der Waals surface area contributed by atoms with Gasteiger partial charge in [0.25, 0.3) is 5.56 Å². The maximum Gasteiger partial charge on any atom is 0.407 e. The number of aromatic nitrogens is 3. The van der Waals surface area contributed by atoms with Gasteiger partial charge in [-0.3, -0.25) is 14.3 Å². The van der Waals surface area contributed by atoms with Gasteiger partial charge in [0.05, 0.1) is 10.9 Å². The summed E-state index contributed by atoms with van der Waals surface area (Å²) in [5.41, 5.74) is 2.10. The highest BCUT2D eigenvalue weighted by Crippen LogP contribution is 2.21. The number of aryl methyl sites for hydroxylation is 1. The Labute approximate surface area is 176 Å². The van der Waals surface area contributed by atoms with Crippen LogP contribution < -0.4 is 10.9 Å². The number of pyridine rings is 1. The number of hydrogen-bond acceptors (Lipinski definition) is 5. The van der Waals surface area contributed by atoms with Crippen molar-refractivity contribution in [1.82, 2.24) is 19.9 Å². The summed E-state index contributed by atoms with van der Waals surface area (Å²) in [6, 6.07) is 9.57. The summed E-state index contributed by atoms with van der Waals surface area (Å²) < 4.78 is 6.83. The molecule has 0 saturated carbocycles. The Hall–Kier alpha value is -3.22. The van der Waals surface area contributed by atoms with Crippen LogP contribution in [0.2, 0.25) is 0 Å². The topological polar surface area (TPSA) is 86.1 Å². The van der Waals surface area contributed by atoms with Gasteiger partial charge in [-0.15, -0.1) is 0 Å². The largest absolute Gasteiger partial charge is 0.444 e. The van der Waals surface area contributed by atoms with Crippen molar-refractivity contribution in [3.05, 3.63) is 58.9 Å². The van der Waals surface area contributed by atoms with E-state index in [0.29, 0.717) is 23.9 Å². The maximum absolute atomic E-state index is 12.9. The molecule has 0 saturated heterocycles. The molecule has 158 valence electrons. The molecule has 0 aliphatic rings. The van der Waals surface area contributed by atoms with Crippen LogP contribution in [-0.4, -0.2) is 32.8 Å². The van der Waals surface area contributed by atoms with E-state index in [4.69, 9.17) is 9.72 Å². The van der Waals surface area contributed by atoms with Crippen LogP contribution in [0.3, 0.4) is 0 Å². The zero-order chi connectivity index (χ0) is 21.7.